The van der Waals surface area contributed by atoms with Crippen LogP contribution in [0.25, 0.3) is 10.9 Å². The lowest BCUT2D eigenvalue weighted by Gasteiger charge is -2.12. The molecule has 2 aromatic carbocycles. The van der Waals surface area contributed by atoms with Crippen LogP contribution in [0.4, 0.5) is 13.2 Å². The number of benzene rings is 2. The van der Waals surface area contributed by atoms with Crippen molar-refractivity contribution in [1.82, 2.24) is 9.71 Å². The molecule has 1 heterocycles. The lowest BCUT2D eigenvalue weighted by Crippen LogP contribution is -2.26. The number of hydrogen-bond acceptors (Lipinski definition) is 4. The summed E-state index contributed by atoms with van der Waals surface area (Å²) in [5.74, 6) is 0.277. The summed E-state index contributed by atoms with van der Waals surface area (Å²) >= 11 is 1.16. The second-order valence-electron chi connectivity index (χ2n) is 7.37. The van der Waals surface area contributed by atoms with Crippen LogP contribution in [0, 0.1) is 0 Å². The van der Waals surface area contributed by atoms with Gasteiger partial charge in [0.2, 0.25) is 10.0 Å². The Hall–Kier alpha value is -2.10. The van der Waals surface area contributed by atoms with Crippen molar-refractivity contribution in [2.45, 2.75) is 48.6 Å². The number of aromatic nitrogens is 1. The summed E-state index contributed by atoms with van der Waals surface area (Å²) in [5.41, 5.74) is 0.390. The number of pyridine rings is 1. The number of alkyl halides is 3. The van der Waals surface area contributed by atoms with Crippen LogP contribution in [0.15, 0.2) is 64.4 Å². The van der Waals surface area contributed by atoms with E-state index in [0.717, 1.165) is 49.1 Å². The summed E-state index contributed by atoms with van der Waals surface area (Å²) in [7, 11) is -3.69. The largest absolute Gasteiger partial charge is 0.433 e. The second kappa shape index (κ2) is 10.7. The number of rotatable bonds is 10. The number of sulfonamides is 1. The highest BCUT2D eigenvalue weighted by Crippen LogP contribution is 2.34. The SMILES string of the molecule is CCCCCc1ccc(S(=O)(=O)NCCSc2cc(C(F)(F)F)nc3ccccc23)cc1. The number of para-hydroxylation sites is 1. The van der Waals surface area contributed by atoms with E-state index in [1.165, 1.54) is 6.07 Å². The molecule has 0 bridgehead atoms. The lowest BCUT2D eigenvalue weighted by atomic mass is 10.1. The van der Waals surface area contributed by atoms with E-state index >= 15 is 0 Å². The molecule has 0 aliphatic carbocycles. The molecule has 9 heteroatoms. The first-order valence-electron chi connectivity index (χ1n) is 10.4. The van der Waals surface area contributed by atoms with Crippen molar-refractivity contribution < 1.29 is 21.6 Å². The number of nitrogens with zero attached hydrogens (tertiary/aromatic N) is 1. The van der Waals surface area contributed by atoms with Crippen molar-refractivity contribution in [1.29, 1.82) is 0 Å². The standard InChI is InChI=1S/C23H25F3N2O2S2/c1-2-3-4-7-17-10-12-18(13-11-17)32(29,30)27-14-15-31-21-16-22(23(24,25)26)28-20-9-6-5-8-19(20)21/h5-6,8-13,16,27H,2-4,7,14-15H2,1H3. The predicted octanol–water partition coefficient (Wildman–Crippen LogP) is 6.06. The second-order valence-corrected chi connectivity index (χ2v) is 10.3. The van der Waals surface area contributed by atoms with Gasteiger partial charge in [-0.05, 0) is 42.7 Å². The maximum Gasteiger partial charge on any atom is 0.433 e. The van der Waals surface area contributed by atoms with Crippen LogP contribution in [0.2, 0.25) is 0 Å². The molecule has 0 saturated carbocycles. The molecule has 4 nitrogen and oxygen atoms in total. The van der Waals surface area contributed by atoms with Crippen LogP contribution in [0.5, 0.6) is 0 Å². The molecule has 0 atom stereocenters. The number of unbranched alkanes of at least 4 members (excludes halogenated alkanes) is 2. The molecule has 0 aliphatic rings. The van der Waals surface area contributed by atoms with E-state index in [1.807, 2.05) is 12.1 Å². The molecule has 0 unspecified atom stereocenters. The Morgan fingerprint density at radius 3 is 2.44 bits per heavy atom. The first kappa shape index (κ1) is 24.5. The fraction of sp³-hybridized carbons (Fsp3) is 0.348. The highest BCUT2D eigenvalue weighted by Gasteiger charge is 2.33. The number of thioether (sulfide) groups is 1. The third-order valence-electron chi connectivity index (χ3n) is 4.92. The van der Waals surface area contributed by atoms with Gasteiger partial charge < -0.3 is 0 Å². The number of aryl methyl sites for hydroxylation is 1. The fourth-order valence-corrected chi connectivity index (χ4v) is 5.35. The van der Waals surface area contributed by atoms with Crippen molar-refractivity contribution in [3.63, 3.8) is 0 Å². The van der Waals surface area contributed by atoms with Gasteiger partial charge in [-0.15, -0.1) is 11.8 Å². The average molecular weight is 483 g/mol. The molecule has 3 aromatic rings. The third-order valence-corrected chi connectivity index (χ3v) is 7.46. The van der Waals surface area contributed by atoms with Crippen LogP contribution in [0.3, 0.4) is 0 Å². The molecule has 0 fully saturated rings. The van der Waals surface area contributed by atoms with Crippen LogP contribution in [0.1, 0.15) is 37.4 Å². The van der Waals surface area contributed by atoms with E-state index in [1.54, 1.807) is 30.3 Å². The molecule has 0 spiro atoms. The smallest absolute Gasteiger partial charge is 0.243 e. The topological polar surface area (TPSA) is 59.1 Å². The van der Waals surface area contributed by atoms with E-state index in [4.69, 9.17) is 0 Å². The van der Waals surface area contributed by atoms with E-state index < -0.39 is 21.9 Å². The lowest BCUT2D eigenvalue weighted by molar-refractivity contribution is -0.141. The molecule has 1 aromatic heterocycles. The summed E-state index contributed by atoms with van der Waals surface area (Å²) in [4.78, 5) is 4.29. The van der Waals surface area contributed by atoms with Gasteiger partial charge in [-0.3, -0.25) is 0 Å². The van der Waals surface area contributed by atoms with Crippen LogP contribution in [-0.2, 0) is 22.6 Å². The van der Waals surface area contributed by atoms with Gasteiger partial charge in [0.15, 0.2) is 0 Å². The van der Waals surface area contributed by atoms with Gasteiger partial charge >= 0.3 is 6.18 Å². The highest BCUT2D eigenvalue weighted by atomic mass is 32.2. The molecule has 0 radical (unpaired) electrons. The van der Waals surface area contributed by atoms with Gasteiger partial charge in [0.05, 0.1) is 10.4 Å². The van der Waals surface area contributed by atoms with Crippen molar-refractivity contribution in [3.8, 4) is 0 Å². The van der Waals surface area contributed by atoms with Crippen LogP contribution in [-0.4, -0.2) is 25.7 Å². The minimum atomic E-state index is -4.55. The molecule has 0 amide bonds. The van der Waals surface area contributed by atoms with Crippen molar-refractivity contribution >= 4 is 32.7 Å². The maximum atomic E-state index is 13.2. The Morgan fingerprint density at radius 1 is 1.03 bits per heavy atom. The first-order chi connectivity index (χ1) is 15.2. The normalized spacial score (nSPS) is 12.4. The van der Waals surface area contributed by atoms with Gasteiger partial charge in [0.1, 0.15) is 5.69 Å². The number of hydrogen-bond donors (Lipinski definition) is 1. The number of nitrogens with one attached hydrogen (secondary N) is 1. The molecule has 32 heavy (non-hydrogen) atoms. The van der Waals surface area contributed by atoms with Crippen molar-refractivity contribution in [3.05, 3.63) is 65.9 Å². The van der Waals surface area contributed by atoms with Crippen LogP contribution < -0.4 is 4.72 Å². The van der Waals surface area contributed by atoms with E-state index in [0.29, 0.717) is 10.3 Å². The van der Waals surface area contributed by atoms with E-state index in [2.05, 4.69) is 16.6 Å². The molecular formula is C23H25F3N2O2S2. The average Bonchev–Trinajstić information content (AvgIpc) is 2.76. The molecule has 3 rings (SSSR count). The summed E-state index contributed by atoms with van der Waals surface area (Å²) < 4.78 is 67.1. The quantitative estimate of drug-likeness (QED) is 0.282. The predicted molar refractivity (Wildman–Crippen MR) is 122 cm³/mol. The Labute approximate surface area is 190 Å². The van der Waals surface area contributed by atoms with Gasteiger partial charge in [-0.1, -0.05) is 50.1 Å². The monoisotopic (exact) mass is 482 g/mol. The van der Waals surface area contributed by atoms with Crippen LogP contribution >= 0.6 is 11.8 Å². The van der Waals surface area contributed by atoms with E-state index in [9.17, 15) is 21.6 Å². The van der Waals surface area contributed by atoms with Gasteiger partial charge in [-0.2, -0.15) is 13.2 Å². The van der Waals surface area contributed by atoms with E-state index in [-0.39, 0.29) is 22.7 Å². The maximum absolute atomic E-state index is 13.2. The third kappa shape index (κ3) is 6.46. The molecule has 172 valence electrons. The summed E-state index contributed by atoms with van der Waals surface area (Å²) in [6.45, 7) is 2.22. The Balaban J connectivity index is 1.63. The number of halogens is 3. The van der Waals surface area contributed by atoms with Crippen molar-refractivity contribution in [2.75, 3.05) is 12.3 Å². The molecular weight excluding hydrogens is 457 g/mol. The van der Waals surface area contributed by atoms with Gasteiger partial charge in [0.25, 0.3) is 0 Å². The van der Waals surface area contributed by atoms with Gasteiger partial charge in [0, 0.05) is 22.6 Å². The Bertz CT molecular complexity index is 1150. The summed E-state index contributed by atoms with van der Waals surface area (Å²) in [6, 6.07) is 14.4. The minimum Gasteiger partial charge on any atom is -0.243 e. The zero-order chi connectivity index (χ0) is 23.2. The fourth-order valence-electron chi connectivity index (χ4n) is 3.24. The Morgan fingerprint density at radius 2 is 1.75 bits per heavy atom. The first-order valence-corrected chi connectivity index (χ1v) is 12.9. The zero-order valence-corrected chi connectivity index (χ0v) is 19.3. The molecule has 0 aliphatic heterocycles. The Kier molecular flexibility index (Phi) is 8.19. The van der Waals surface area contributed by atoms with Gasteiger partial charge in [-0.25, -0.2) is 18.1 Å². The minimum absolute atomic E-state index is 0.0866. The molecule has 0 saturated heterocycles. The molecule has 1 N–H and O–H groups in total. The summed E-state index contributed by atoms with van der Waals surface area (Å²) in [5, 5.41) is 0.604. The van der Waals surface area contributed by atoms with Crippen molar-refractivity contribution in [2.24, 2.45) is 0 Å². The highest BCUT2D eigenvalue weighted by molar-refractivity contribution is 7.99. The summed E-state index contributed by atoms with van der Waals surface area (Å²) in [6.07, 6.45) is -0.308. The zero-order valence-electron chi connectivity index (χ0n) is 17.7. The number of fused-ring (bicyclic) bond motifs is 1.